The van der Waals surface area contributed by atoms with Crippen molar-refractivity contribution in [3.63, 3.8) is 0 Å². The van der Waals surface area contributed by atoms with E-state index in [0.717, 1.165) is 18.8 Å². The summed E-state index contributed by atoms with van der Waals surface area (Å²) >= 11 is 0. The van der Waals surface area contributed by atoms with Crippen LogP contribution in [0.5, 0.6) is 5.75 Å². The van der Waals surface area contributed by atoms with E-state index in [9.17, 15) is 0 Å². The van der Waals surface area contributed by atoms with Crippen molar-refractivity contribution >= 4 is 0 Å². The molecule has 2 rings (SSSR count). The molecule has 0 radical (unpaired) electrons. The molecule has 13 heavy (non-hydrogen) atoms. The van der Waals surface area contributed by atoms with E-state index < -0.39 is 0 Å². The minimum Gasteiger partial charge on any atom is -0.489 e. The lowest BCUT2D eigenvalue weighted by Gasteiger charge is -2.11. The van der Waals surface area contributed by atoms with E-state index >= 15 is 0 Å². The Balaban J connectivity index is 2.34. The van der Waals surface area contributed by atoms with E-state index in [1.807, 2.05) is 0 Å². The number of nitrogens with one attached hydrogen (secondary N) is 1. The first-order valence-electron chi connectivity index (χ1n) is 4.72. The average molecular weight is 177 g/mol. The molecule has 1 aromatic carbocycles. The van der Waals surface area contributed by atoms with E-state index in [1.54, 1.807) is 0 Å². The van der Waals surface area contributed by atoms with Crippen molar-refractivity contribution in [1.29, 1.82) is 0 Å². The van der Waals surface area contributed by atoms with Gasteiger partial charge in [0.05, 0.1) is 0 Å². The van der Waals surface area contributed by atoms with Gasteiger partial charge in [-0.3, -0.25) is 0 Å². The van der Waals surface area contributed by atoms with Gasteiger partial charge in [0.2, 0.25) is 0 Å². The molecule has 70 valence electrons. The number of hydrogen-bond acceptors (Lipinski definition) is 2. The van der Waals surface area contributed by atoms with Gasteiger partial charge >= 0.3 is 0 Å². The lowest BCUT2D eigenvalue weighted by atomic mass is 10.1. The third-order valence-electron chi connectivity index (χ3n) is 2.29. The van der Waals surface area contributed by atoms with E-state index in [4.69, 9.17) is 4.74 Å². The summed E-state index contributed by atoms with van der Waals surface area (Å²) in [4.78, 5) is 0. The molecule has 1 aliphatic heterocycles. The fraction of sp³-hybridized carbons (Fsp3) is 0.455. The summed E-state index contributed by atoms with van der Waals surface area (Å²) in [5.74, 6) is 1.03. The zero-order chi connectivity index (χ0) is 9.26. The summed E-state index contributed by atoms with van der Waals surface area (Å²) in [7, 11) is 0. The largest absolute Gasteiger partial charge is 0.489 e. The van der Waals surface area contributed by atoms with Crippen LogP contribution in [0.1, 0.15) is 18.1 Å². The van der Waals surface area contributed by atoms with Gasteiger partial charge in [0, 0.05) is 18.7 Å². The van der Waals surface area contributed by atoms with Crippen molar-refractivity contribution in [3.05, 3.63) is 29.3 Å². The van der Waals surface area contributed by atoms with E-state index in [1.165, 1.54) is 11.1 Å². The van der Waals surface area contributed by atoms with Crippen molar-refractivity contribution in [1.82, 2.24) is 5.32 Å². The molecule has 1 heterocycles. The van der Waals surface area contributed by atoms with Gasteiger partial charge in [0.1, 0.15) is 11.9 Å². The molecule has 1 aliphatic rings. The predicted molar refractivity (Wildman–Crippen MR) is 53.0 cm³/mol. The maximum absolute atomic E-state index is 5.75. The van der Waals surface area contributed by atoms with Gasteiger partial charge < -0.3 is 10.1 Å². The van der Waals surface area contributed by atoms with E-state index in [2.05, 4.69) is 37.4 Å². The molecular weight excluding hydrogens is 162 g/mol. The van der Waals surface area contributed by atoms with Crippen LogP contribution in [0.2, 0.25) is 0 Å². The van der Waals surface area contributed by atoms with Gasteiger partial charge in [-0.2, -0.15) is 0 Å². The van der Waals surface area contributed by atoms with Crippen LogP contribution in [0.3, 0.4) is 0 Å². The van der Waals surface area contributed by atoms with Gasteiger partial charge in [-0.1, -0.05) is 17.7 Å². The first kappa shape index (κ1) is 8.57. The van der Waals surface area contributed by atoms with Crippen molar-refractivity contribution in [2.45, 2.75) is 26.5 Å². The number of hydrogen-bond donors (Lipinski definition) is 1. The molecule has 1 N–H and O–H groups in total. The third-order valence-corrected chi connectivity index (χ3v) is 2.29. The van der Waals surface area contributed by atoms with Crippen LogP contribution in [0.4, 0.5) is 0 Å². The fourth-order valence-electron chi connectivity index (χ4n) is 1.63. The molecule has 0 fully saturated rings. The number of fused-ring (bicyclic) bond motifs is 1. The highest BCUT2D eigenvalue weighted by atomic mass is 16.5. The summed E-state index contributed by atoms with van der Waals surface area (Å²) in [6, 6.07) is 6.34. The normalized spacial score (nSPS) is 21.5. The Morgan fingerprint density at radius 2 is 2.31 bits per heavy atom. The maximum Gasteiger partial charge on any atom is 0.124 e. The summed E-state index contributed by atoms with van der Waals surface area (Å²) < 4.78 is 5.75. The lowest BCUT2D eigenvalue weighted by Crippen LogP contribution is -2.24. The van der Waals surface area contributed by atoms with Crippen molar-refractivity contribution < 1.29 is 4.74 Å². The predicted octanol–water partition coefficient (Wildman–Crippen LogP) is 1.87. The van der Waals surface area contributed by atoms with Gasteiger partial charge in [-0.15, -0.1) is 0 Å². The lowest BCUT2D eigenvalue weighted by molar-refractivity contribution is 0.226. The van der Waals surface area contributed by atoms with Crippen molar-refractivity contribution in [2.75, 3.05) is 6.54 Å². The Morgan fingerprint density at radius 1 is 1.46 bits per heavy atom. The summed E-state index contributed by atoms with van der Waals surface area (Å²) in [6.45, 7) is 6.03. The third kappa shape index (κ3) is 1.83. The van der Waals surface area contributed by atoms with E-state index in [-0.39, 0.29) is 6.10 Å². The smallest absolute Gasteiger partial charge is 0.124 e. The molecule has 2 heteroatoms. The van der Waals surface area contributed by atoms with Gasteiger partial charge in [-0.25, -0.2) is 0 Å². The molecule has 0 bridgehead atoms. The first-order chi connectivity index (χ1) is 6.25. The Hall–Kier alpha value is -1.02. The van der Waals surface area contributed by atoms with Crippen LogP contribution in [-0.4, -0.2) is 12.6 Å². The van der Waals surface area contributed by atoms with Crippen LogP contribution in [0.15, 0.2) is 18.2 Å². The average Bonchev–Trinajstić information content (AvgIpc) is 2.25. The molecule has 1 aromatic rings. The highest BCUT2D eigenvalue weighted by molar-refractivity contribution is 5.37. The SMILES string of the molecule is Cc1ccc2c(c1)CNCC(C)O2. The van der Waals surface area contributed by atoms with Crippen LogP contribution in [-0.2, 0) is 6.54 Å². The maximum atomic E-state index is 5.75. The van der Waals surface area contributed by atoms with Gasteiger partial charge in [0.15, 0.2) is 0 Å². The molecular formula is C11H15NO. The minimum atomic E-state index is 0.268. The molecule has 0 aromatic heterocycles. The molecule has 0 aliphatic carbocycles. The Labute approximate surface area is 78.9 Å². The molecule has 0 saturated heterocycles. The second kappa shape index (κ2) is 3.38. The fourth-order valence-corrected chi connectivity index (χ4v) is 1.63. The van der Waals surface area contributed by atoms with Crippen LogP contribution in [0, 0.1) is 6.92 Å². The molecule has 0 saturated carbocycles. The molecule has 0 spiro atoms. The molecule has 1 atom stereocenters. The Morgan fingerprint density at radius 3 is 3.15 bits per heavy atom. The second-order valence-electron chi connectivity index (χ2n) is 3.67. The topological polar surface area (TPSA) is 21.3 Å². The Kier molecular flexibility index (Phi) is 2.23. The highest BCUT2D eigenvalue weighted by Crippen LogP contribution is 2.22. The second-order valence-corrected chi connectivity index (χ2v) is 3.67. The van der Waals surface area contributed by atoms with Crippen LogP contribution < -0.4 is 10.1 Å². The van der Waals surface area contributed by atoms with Crippen molar-refractivity contribution in [3.8, 4) is 5.75 Å². The summed E-state index contributed by atoms with van der Waals surface area (Å²) in [5.41, 5.74) is 2.56. The standard InChI is InChI=1S/C11H15NO/c1-8-3-4-11-10(5-8)7-12-6-9(2)13-11/h3-5,9,12H,6-7H2,1-2H3. The number of aryl methyl sites for hydroxylation is 1. The highest BCUT2D eigenvalue weighted by Gasteiger charge is 2.12. The zero-order valence-corrected chi connectivity index (χ0v) is 8.13. The van der Waals surface area contributed by atoms with Crippen LogP contribution >= 0.6 is 0 Å². The van der Waals surface area contributed by atoms with Gasteiger partial charge in [-0.05, 0) is 19.9 Å². The molecule has 0 amide bonds. The van der Waals surface area contributed by atoms with Crippen LogP contribution in [0.25, 0.3) is 0 Å². The summed E-state index contributed by atoms with van der Waals surface area (Å²) in [5, 5.41) is 3.36. The van der Waals surface area contributed by atoms with Crippen molar-refractivity contribution in [2.24, 2.45) is 0 Å². The van der Waals surface area contributed by atoms with Gasteiger partial charge in [0.25, 0.3) is 0 Å². The first-order valence-corrected chi connectivity index (χ1v) is 4.72. The number of benzene rings is 1. The zero-order valence-electron chi connectivity index (χ0n) is 8.13. The van der Waals surface area contributed by atoms with E-state index in [0.29, 0.717) is 0 Å². The Bertz CT molecular complexity index is 309. The summed E-state index contributed by atoms with van der Waals surface area (Å²) in [6.07, 6.45) is 0.268. The molecule has 1 unspecified atom stereocenters. The minimum absolute atomic E-state index is 0.268. The monoisotopic (exact) mass is 177 g/mol. The number of rotatable bonds is 0. The quantitative estimate of drug-likeness (QED) is 0.653. The molecule has 2 nitrogen and oxygen atoms in total. The number of ether oxygens (including phenoxy) is 1.